The van der Waals surface area contributed by atoms with Gasteiger partial charge in [-0.15, -0.1) is 0 Å². The Morgan fingerprint density at radius 2 is 2.11 bits per heavy atom. The number of hydrogen-bond acceptors (Lipinski definition) is 5. The molecule has 0 aliphatic rings. The number of benzene rings is 1. The van der Waals surface area contributed by atoms with Gasteiger partial charge in [-0.3, -0.25) is 0 Å². The molecular weight excluding hydrogens is 241 g/mol. The number of carbonyl (C=O) groups excluding carboxylic acids is 1. The first-order valence-electron chi connectivity index (χ1n) is 5.44. The van der Waals surface area contributed by atoms with Gasteiger partial charge in [0.2, 0.25) is 0 Å². The molecule has 0 unspecified atom stereocenters. The Bertz CT molecular complexity index is 407. The maximum atomic E-state index is 13.5. The molecule has 0 fully saturated rings. The van der Waals surface area contributed by atoms with E-state index in [9.17, 15) is 9.18 Å². The van der Waals surface area contributed by atoms with E-state index in [2.05, 4.69) is 10.1 Å². The van der Waals surface area contributed by atoms with Crippen LogP contribution >= 0.6 is 0 Å². The zero-order chi connectivity index (χ0) is 13.5. The number of halogens is 1. The van der Waals surface area contributed by atoms with E-state index in [1.54, 1.807) is 6.07 Å². The molecule has 1 aromatic rings. The predicted molar refractivity (Wildman–Crippen MR) is 62.5 cm³/mol. The third-order valence-corrected chi connectivity index (χ3v) is 2.47. The minimum Gasteiger partial charge on any atom is -0.465 e. The van der Waals surface area contributed by atoms with Crippen molar-refractivity contribution < 1.29 is 24.1 Å². The number of ether oxygens (including phenoxy) is 1. The van der Waals surface area contributed by atoms with Gasteiger partial charge in [-0.25, -0.2) is 9.18 Å². The first kappa shape index (κ1) is 14.6. The zero-order valence-corrected chi connectivity index (χ0v) is 10.0. The molecule has 0 aromatic heterocycles. The van der Waals surface area contributed by atoms with Crippen molar-refractivity contribution in [2.24, 2.45) is 0 Å². The van der Waals surface area contributed by atoms with E-state index in [-0.39, 0.29) is 25.3 Å². The van der Waals surface area contributed by atoms with Crippen molar-refractivity contribution in [2.45, 2.75) is 12.6 Å². The minimum absolute atomic E-state index is 0.123. The van der Waals surface area contributed by atoms with Crippen LogP contribution in [0.5, 0.6) is 0 Å². The number of esters is 1. The van der Waals surface area contributed by atoms with Crippen LogP contribution in [-0.4, -0.2) is 42.5 Å². The topological polar surface area (TPSA) is 78.8 Å². The van der Waals surface area contributed by atoms with Crippen LogP contribution in [0.2, 0.25) is 0 Å². The van der Waals surface area contributed by atoms with Crippen molar-refractivity contribution in [3.63, 3.8) is 0 Å². The van der Waals surface area contributed by atoms with E-state index < -0.39 is 17.8 Å². The van der Waals surface area contributed by atoms with Crippen LogP contribution in [-0.2, 0) is 11.3 Å². The first-order valence-corrected chi connectivity index (χ1v) is 5.44. The molecule has 3 N–H and O–H groups in total. The lowest BCUT2D eigenvalue weighted by Crippen LogP contribution is -2.35. The third-order valence-electron chi connectivity index (χ3n) is 2.47. The molecule has 0 radical (unpaired) electrons. The fraction of sp³-hybridized carbons (Fsp3) is 0.417. The highest BCUT2D eigenvalue weighted by Gasteiger charge is 2.12. The molecule has 0 amide bonds. The van der Waals surface area contributed by atoms with E-state index in [0.717, 1.165) is 0 Å². The summed E-state index contributed by atoms with van der Waals surface area (Å²) in [4.78, 5) is 11.2. The molecule has 0 saturated carbocycles. The Labute approximate surface area is 104 Å². The van der Waals surface area contributed by atoms with Crippen LogP contribution in [0.15, 0.2) is 18.2 Å². The van der Waals surface area contributed by atoms with Gasteiger partial charge in [0, 0.05) is 6.54 Å². The summed E-state index contributed by atoms with van der Waals surface area (Å²) in [5, 5.41) is 20.5. The molecule has 0 saturated heterocycles. The number of methoxy groups -OCH3 is 1. The van der Waals surface area contributed by atoms with Gasteiger partial charge in [-0.2, -0.15) is 0 Å². The summed E-state index contributed by atoms with van der Waals surface area (Å²) in [6.45, 7) is -0.136. The molecule has 6 heteroatoms. The second-order valence-corrected chi connectivity index (χ2v) is 3.75. The van der Waals surface area contributed by atoms with Gasteiger partial charge in [-0.1, -0.05) is 6.07 Å². The maximum absolute atomic E-state index is 13.5. The lowest BCUT2D eigenvalue weighted by Gasteiger charge is -2.13. The summed E-state index contributed by atoms with van der Waals surface area (Å²) < 4.78 is 18.0. The zero-order valence-electron chi connectivity index (χ0n) is 10.0. The fourth-order valence-corrected chi connectivity index (χ4v) is 1.39. The number of hydrogen-bond donors (Lipinski definition) is 3. The van der Waals surface area contributed by atoms with Crippen LogP contribution in [0.3, 0.4) is 0 Å². The van der Waals surface area contributed by atoms with Gasteiger partial charge < -0.3 is 20.3 Å². The summed E-state index contributed by atoms with van der Waals surface area (Å²) in [5.41, 5.74) is 0.481. The van der Waals surface area contributed by atoms with Crippen molar-refractivity contribution in [3.8, 4) is 0 Å². The molecule has 18 heavy (non-hydrogen) atoms. The fourth-order valence-electron chi connectivity index (χ4n) is 1.39. The van der Waals surface area contributed by atoms with Gasteiger partial charge in [0.05, 0.1) is 31.9 Å². The van der Waals surface area contributed by atoms with Crippen LogP contribution in [0, 0.1) is 5.82 Å². The Hall–Kier alpha value is -1.50. The molecule has 0 spiro atoms. The van der Waals surface area contributed by atoms with E-state index in [1.165, 1.54) is 19.2 Å². The molecule has 0 heterocycles. The molecule has 0 atom stereocenters. The van der Waals surface area contributed by atoms with Gasteiger partial charge in [0.1, 0.15) is 5.82 Å². The van der Waals surface area contributed by atoms with Gasteiger partial charge in [0.15, 0.2) is 0 Å². The van der Waals surface area contributed by atoms with Crippen LogP contribution in [0.1, 0.15) is 15.9 Å². The van der Waals surface area contributed by atoms with Crippen LogP contribution in [0.4, 0.5) is 4.39 Å². The summed E-state index contributed by atoms with van der Waals surface area (Å²) in [5.74, 6) is -1.39. The summed E-state index contributed by atoms with van der Waals surface area (Å²) >= 11 is 0. The molecule has 5 nitrogen and oxygen atoms in total. The molecule has 0 bridgehead atoms. The number of carbonyl (C=O) groups is 1. The van der Waals surface area contributed by atoms with Gasteiger partial charge >= 0.3 is 5.97 Å². The van der Waals surface area contributed by atoms with Crippen molar-refractivity contribution in [2.75, 3.05) is 20.3 Å². The summed E-state index contributed by atoms with van der Waals surface area (Å²) in [7, 11) is 1.18. The smallest absolute Gasteiger partial charge is 0.340 e. The first-order chi connectivity index (χ1) is 8.62. The van der Waals surface area contributed by atoms with Crippen molar-refractivity contribution in [1.29, 1.82) is 0 Å². The average Bonchev–Trinajstić information content (AvgIpc) is 2.39. The van der Waals surface area contributed by atoms with Crippen LogP contribution in [0.25, 0.3) is 0 Å². The average molecular weight is 257 g/mol. The van der Waals surface area contributed by atoms with E-state index in [0.29, 0.717) is 5.56 Å². The highest BCUT2D eigenvalue weighted by atomic mass is 19.1. The number of aliphatic hydroxyl groups excluding tert-OH is 2. The van der Waals surface area contributed by atoms with Crippen molar-refractivity contribution >= 4 is 5.97 Å². The van der Waals surface area contributed by atoms with E-state index in [4.69, 9.17) is 10.2 Å². The van der Waals surface area contributed by atoms with Crippen molar-refractivity contribution in [3.05, 3.63) is 35.1 Å². The molecule has 1 aromatic carbocycles. The van der Waals surface area contributed by atoms with E-state index in [1.807, 2.05) is 0 Å². The highest BCUT2D eigenvalue weighted by Crippen LogP contribution is 2.11. The Kier molecular flexibility index (Phi) is 5.70. The number of aliphatic hydroxyl groups is 2. The second-order valence-electron chi connectivity index (χ2n) is 3.75. The SMILES string of the molecule is COC(=O)c1ccc(CNC(CO)CO)cc1F. The standard InChI is InChI=1S/C12H16FNO4/c1-18-12(17)10-3-2-8(4-11(10)13)5-14-9(6-15)7-16/h2-4,9,14-16H,5-7H2,1H3. The lowest BCUT2D eigenvalue weighted by atomic mass is 10.1. The maximum Gasteiger partial charge on any atom is 0.340 e. The second kappa shape index (κ2) is 7.05. The summed E-state index contributed by atoms with van der Waals surface area (Å²) in [6, 6.07) is 3.68. The molecule has 0 aliphatic heterocycles. The Morgan fingerprint density at radius 1 is 1.44 bits per heavy atom. The predicted octanol–water partition coefficient (Wildman–Crippen LogP) is 0.0551. The Morgan fingerprint density at radius 3 is 2.61 bits per heavy atom. The van der Waals surface area contributed by atoms with Crippen molar-refractivity contribution in [1.82, 2.24) is 5.32 Å². The largest absolute Gasteiger partial charge is 0.465 e. The monoisotopic (exact) mass is 257 g/mol. The van der Waals surface area contributed by atoms with Crippen LogP contribution < -0.4 is 5.32 Å². The molecule has 0 aliphatic carbocycles. The number of nitrogens with one attached hydrogen (secondary N) is 1. The number of rotatable bonds is 6. The van der Waals surface area contributed by atoms with E-state index >= 15 is 0 Å². The normalized spacial score (nSPS) is 10.7. The van der Waals surface area contributed by atoms with Gasteiger partial charge in [0.25, 0.3) is 0 Å². The molecular formula is C12H16FNO4. The lowest BCUT2D eigenvalue weighted by molar-refractivity contribution is 0.0595. The highest BCUT2D eigenvalue weighted by molar-refractivity contribution is 5.89. The molecule has 1 rings (SSSR count). The third kappa shape index (κ3) is 3.76. The molecule has 100 valence electrons. The Balaban J connectivity index is 2.70. The minimum atomic E-state index is -0.726. The van der Waals surface area contributed by atoms with Gasteiger partial charge in [-0.05, 0) is 17.7 Å². The quantitative estimate of drug-likeness (QED) is 0.628. The summed E-state index contributed by atoms with van der Waals surface area (Å²) in [6.07, 6.45) is 0.